The molecule has 100 valence electrons. The van der Waals surface area contributed by atoms with Gasteiger partial charge in [0.1, 0.15) is 13.1 Å². The van der Waals surface area contributed by atoms with Crippen LogP contribution in [0.5, 0.6) is 0 Å². The quantitative estimate of drug-likeness (QED) is 0.396. The summed E-state index contributed by atoms with van der Waals surface area (Å²) in [4.78, 5) is 19.4. The third kappa shape index (κ3) is 7.66. The molecule has 0 aliphatic carbocycles. The molecule has 0 aromatic heterocycles. The summed E-state index contributed by atoms with van der Waals surface area (Å²) in [6.45, 7) is 4.77. The fourth-order valence-electron chi connectivity index (χ4n) is 1.19. The zero-order valence-corrected chi connectivity index (χ0v) is 10.3. The van der Waals surface area contributed by atoms with Crippen LogP contribution in [0.4, 0.5) is 0 Å². The Balaban J connectivity index is 0.000000366. The van der Waals surface area contributed by atoms with E-state index in [0.29, 0.717) is 0 Å². The van der Waals surface area contributed by atoms with Gasteiger partial charge in [0.05, 0.1) is 12.8 Å². The van der Waals surface area contributed by atoms with Crippen molar-refractivity contribution in [3.63, 3.8) is 0 Å². The zero-order valence-electron chi connectivity index (χ0n) is 9.50. The van der Waals surface area contributed by atoms with Gasteiger partial charge < -0.3 is 19.9 Å². The van der Waals surface area contributed by atoms with Crippen LogP contribution in [-0.4, -0.2) is 57.5 Å². The number of likely N-dealkylation sites (N-methyl/N-ethyl adjacent to an activating group) is 1. The van der Waals surface area contributed by atoms with Gasteiger partial charge in [-0.2, -0.15) is 8.42 Å². The molecule has 1 saturated heterocycles. The van der Waals surface area contributed by atoms with Gasteiger partial charge in [-0.3, -0.25) is 4.18 Å². The van der Waals surface area contributed by atoms with Gasteiger partial charge in [-0.25, -0.2) is 4.79 Å². The van der Waals surface area contributed by atoms with Crippen LogP contribution >= 0.6 is 0 Å². The first-order chi connectivity index (χ1) is 7.65. The Morgan fingerprint density at radius 3 is 2.12 bits per heavy atom. The van der Waals surface area contributed by atoms with Gasteiger partial charge >= 0.3 is 5.97 Å². The first-order valence-corrected chi connectivity index (χ1v) is 6.63. The molecule has 17 heavy (non-hydrogen) atoms. The van der Waals surface area contributed by atoms with Crippen molar-refractivity contribution in [2.45, 2.75) is 13.0 Å². The molecule has 0 radical (unpaired) electrons. The van der Waals surface area contributed by atoms with Crippen LogP contribution in [0.25, 0.3) is 0 Å². The molecule has 0 saturated carbocycles. The number of carboxylic acid groups (broad SMARTS) is 2. The number of hydrogen-bond donors (Lipinski definition) is 2. The van der Waals surface area contributed by atoms with E-state index in [1.165, 1.54) is 4.90 Å². The topological polar surface area (TPSA) is 125 Å². The highest BCUT2D eigenvalue weighted by molar-refractivity contribution is 7.86. The number of rotatable bonds is 3. The summed E-state index contributed by atoms with van der Waals surface area (Å²) in [5, 5.41) is 16.3. The lowest BCUT2D eigenvalue weighted by molar-refractivity contribution is -0.945. The van der Waals surface area contributed by atoms with Gasteiger partial charge in [0, 0.05) is 0 Å². The SMILES string of the molecule is CC[NH+]1CC(OS(C)(=O)=O)C1.O=C([O-])C(=O)O. The van der Waals surface area contributed by atoms with Crippen molar-refractivity contribution in [2.24, 2.45) is 0 Å². The lowest BCUT2D eigenvalue weighted by Gasteiger charge is -2.33. The van der Waals surface area contributed by atoms with Gasteiger partial charge in [-0.15, -0.1) is 0 Å². The lowest BCUT2D eigenvalue weighted by Crippen LogP contribution is -3.21. The highest BCUT2D eigenvalue weighted by Gasteiger charge is 2.33. The van der Waals surface area contributed by atoms with Gasteiger partial charge in [0.15, 0.2) is 12.1 Å². The maximum absolute atomic E-state index is 10.6. The van der Waals surface area contributed by atoms with E-state index in [2.05, 4.69) is 6.92 Å². The number of nitrogens with one attached hydrogen (secondary N) is 1. The third-order valence-electron chi connectivity index (χ3n) is 2.02. The third-order valence-corrected chi connectivity index (χ3v) is 2.64. The first-order valence-electron chi connectivity index (χ1n) is 4.81. The highest BCUT2D eigenvalue weighted by Crippen LogP contribution is 1.98. The summed E-state index contributed by atoms with van der Waals surface area (Å²) in [5.41, 5.74) is 0. The predicted molar refractivity (Wildman–Crippen MR) is 53.6 cm³/mol. The first kappa shape index (κ1) is 15.8. The second-order valence-corrected chi connectivity index (χ2v) is 5.13. The van der Waals surface area contributed by atoms with Gasteiger partial charge in [-0.1, -0.05) is 0 Å². The van der Waals surface area contributed by atoms with Crippen molar-refractivity contribution in [3.8, 4) is 0 Å². The lowest BCUT2D eigenvalue weighted by atomic mass is 10.2. The van der Waals surface area contributed by atoms with E-state index in [1.54, 1.807) is 0 Å². The Morgan fingerprint density at radius 2 is 1.88 bits per heavy atom. The van der Waals surface area contributed by atoms with Crippen LogP contribution in [0.15, 0.2) is 0 Å². The van der Waals surface area contributed by atoms with E-state index in [-0.39, 0.29) is 6.10 Å². The van der Waals surface area contributed by atoms with E-state index in [4.69, 9.17) is 24.0 Å². The van der Waals surface area contributed by atoms with Crippen LogP contribution < -0.4 is 10.0 Å². The van der Waals surface area contributed by atoms with Crippen molar-refractivity contribution >= 4 is 22.1 Å². The summed E-state index contributed by atoms with van der Waals surface area (Å²) in [6.07, 6.45) is 1.02. The fraction of sp³-hybridized carbons (Fsp3) is 0.750. The number of hydrogen-bond acceptors (Lipinski definition) is 6. The predicted octanol–water partition coefficient (Wildman–Crippen LogP) is -3.93. The Kier molecular flexibility index (Phi) is 6.07. The highest BCUT2D eigenvalue weighted by atomic mass is 32.2. The molecule has 0 bridgehead atoms. The molecule has 1 rings (SSSR count). The Hall–Kier alpha value is -1.19. The number of quaternary nitrogens is 1. The molecule has 8 nitrogen and oxygen atoms in total. The molecule has 0 amide bonds. The smallest absolute Gasteiger partial charge is 0.351 e. The number of likely N-dealkylation sites (tertiary alicyclic amines) is 1. The zero-order chi connectivity index (χ0) is 13.6. The molecule has 1 aliphatic rings. The standard InChI is InChI=1S/C6H13NO3S.C2H2O4/c1-3-7-4-6(5-7)10-11(2,8)9;3-1(4)2(5)6/h6H,3-5H2,1-2H3;(H,3,4)(H,5,6). The van der Waals surface area contributed by atoms with Gasteiger partial charge in [0.2, 0.25) is 0 Å². The maximum Gasteiger partial charge on any atom is 0.351 e. The molecule has 1 aliphatic heterocycles. The second kappa shape index (κ2) is 6.52. The van der Waals surface area contributed by atoms with Crippen molar-refractivity contribution in [1.82, 2.24) is 0 Å². The largest absolute Gasteiger partial charge is 0.539 e. The Labute approximate surface area is 98.9 Å². The fourth-order valence-corrected chi connectivity index (χ4v) is 1.82. The minimum Gasteiger partial charge on any atom is -0.539 e. The Bertz CT molecular complexity index is 359. The number of carbonyl (C=O) groups is 2. The van der Waals surface area contributed by atoms with Crippen LogP contribution in [0.1, 0.15) is 6.92 Å². The summed E-state index contributed by atoms with van der Waals surface area (Å²) in [7, 11) is -3.23. The number of aliphatic carboxylic acids is 2. The molecule has 1 fully saturated rings. The van der Waals surface area contributed by atoms with Crippen LogP contribution in [0.3, 0.4) is 0 Å². The molecular formula is C8H15NO7S. The van der Waals surface area contributed by atoms with E-state index in [9.17, 15) is 8.42 Å². The summed E-state index contributed by atoms with van der Waals surface area (Å²) in [6, 6.07) is 0. The molecule has 0 atom stereocenters. The molecule has 1 heterocycles. The van der Waals surface area contributed by atoms with E-state index in [0.717, 1.165) is 25.9 Å². The van der Waals surface area contributed by atoms with Gasteiger partial charge in [-0.05, 0) is 6.92 Å². The number of carboxylic acids is 2. The van der Waals surface area contributed by atoms with E-state index in [1.807, 2.05) is 0 Å². The molecule has 9 heteroatoms. The Morgan fingerprint density at radius 1 is 1.47 bits per heavy atom. The molecule has 0 unspecified atom stereocenters. The van der Waals surface area contributed by atoms with Crippen molar-refractivity contribution < 1.29 is 37.3 Å². The summed E-state index contributed by atoms with van der Waals surface area (Å²) >= 11 is 0. The maximum atomic E-state index is 10.6. The normalized spacial score (nSPS) is 22.9. The minimum absolute atomic E-state index is 0.0695. The molecular weight excluding hydrogens is 254 g/mol. The van der Waals surface area contributed by atoms with Crippen LogP contribution in [-0.2, 0) is 23.9 Å². The molecule has 0 spiro atoms. The van der Waals surface area contributed by atoms with Crippen molar-refractivity contribution in [3.05, 3.63) is 0 Å². The van der Waals surface area contributed by atoms with Crippen molar-refractivity contribution in [1.29, 1.82) is 0 Å². The molecule has 2 N–H and O–H groups in total. The van der Waals surface area contributed by atoms with Crippen LogP contribution in [0, 0.1) is 0 Å². The molecule has 0 aromatic rings. The second-order valence-electron chi connectivity index (χ2n) is 3.53. The van der Waals surface area contributed by atoms with Gasteiger partial charge in [0.25, 0.3) is 10.1 Å². The van der Waals surface area contributed by atoms with E-state index < -0.39 is 22.1 Å². The average Bonchev–Trinajstić information content (AvgIpc) is 2.09. The van der Waals surface area contributed by atoms with Crippen molar-refractivity contribution in [2.75, 3.05) is 25.9 Å². The monoisotopic (exact) mass is 269 g/mol. The van der Waals surface area contributed by atoms with E-state index >= 15 is 0 Å². The summed E-state index contributed by atoms with van der Waals surface area (Å²) in [5.74, 6) is -4.01. The molecule has 0 aromatic carbocycles. The minimum atomic E-state index is -3.23. The summed E-state index contributed by atoms with van der Waals surface area (Å²) < 4.78 is 26.0. The van der Waals surface area contributed by atoms with Crippen LogP contribution in [0.2, 0.25) is 0 Å². The average molecular weight is 269 g/mol. The number of carbonyl (C=O) groups excluding carboxylic acids is 1.